The number of carbonyl (C=O) groups excluding carboxylic acids is 1. The van der Waals surface area contributed by atoms with E-state index in [2.05, 4.69) is 29.4 Å². The molecule has 1 atom stereocenters. The van der Waals surface area contributed by atoms with Gasteiger partial charge in [0.2, 0.25) is 5.91 Å². The van der Waals surface area contributed by atoms with Gasteiger partial charge in [0, 0.05) is 5.56 Å². The van der Waals surface area contributed by atoms with Crippen LogP contribution in [0.1, 0.15) is 44.4 Å². The molecule has 0 fully saturated rings. The van der Waals surface area contributed by atoms with Gasteiger partial charge in [-0.05, 0) is 36.5 Å². The number of hydrogen-bond donors (Lipinski definition) is 2. The van der Waals surface area contributed by atoms with Crippen LogP contribution in [-0.2, 0) is 11.2 Å². The molecule has 5 nitrogen and oxygen atoms in total. The Morgan fingerprint density at radius 3 is 2.55 bits per heavy atom. The molecule has 0 aliphatic carbocycles. The Morgan fingerprint density at radius 2 is 1.90 bits per heavy atom. The van der Waals surface area contributed by atoms with Crippen LogP contribution in [0.5, 0.6) is 5.75 Å². The van der Waals surface area contributed by atoms with E-state index in [1.165, 1.54) is 0 Å². The van der Waals surface area contributed by atoms with Crippen molar-refractivity contribution in [3.63, 3.8) is 0 Å². The van der Waals surface area contributed by atoms with Crippen molar-refractivity contribution >= 4 is 11.6 Å². The maximum absolute atomic E-state index is 13.2. The molecule has 0 aliphatic heterocycles. The average Bonchev–Trinajstić information content (AvgIpc) is 3.11. The zero-order valence-corrected chi connectivity index (χ0v) is 17.5. The van der Waals surface area contributed by atoms with E-state index in [0.717, 1.165) is 46.8 Å². The molecule has 29 heavy (non-hydrogen) atoms. The lowest BCUT2D eigenvalue weighted by molar-refractivity contribution is -0.117. The van der Waals surface area contributed by atoms with Crippen LogP contribution >= 0.6 is 0 Å². The van der Waals surface area contributed by atoms with Crippen LogP contribution in [0.3, 0.4) is 0 Å². The van der Waals surface area contributed by atoms with Crippen LogP contribution in [0.2, 0.25) is 0 Å². The molecule has 5 heteroatoms. The second kappa shape index (κ2) is 9.41. The van der Waals surface area contributed by atoms with Gasteiger partial charge >= 0.3 is 0 Å². The molecule has 0 aliphatic rings. The number of nitrogens with one attached hydrogen (secondary N) is 2. The summed E-state index contributed by atoms with van der Waals surface area (Å²) in [5.41, 5.74) is 4.35. The number of nitrogens with zero attached hydrogens (tertiary/aromatic N) is 1. The number of aromatic amines is 1. The molecule has 2 aromatic carbocycles. The topological polar surface area (TPSA) is 67.0 Å². The summed E-state index contributed by atoms with van der Waals surface area (Å²) in [4.78, 5) is 13.2. The van der Waals surface area contributed by atoms with Crippen LogP contribution in [0.4, 0.5) is 5.69 Å². The Morgan fingerprint density at radius 1 is 1.14 bits per heavy atom. The van der Waals surface area contributed by atoms with E-state index in [4.69, 9.17) is 4.74 Å². The van der Waals surface area contributed by atoms with Crippen molar-refractivity contribution in [2.45, 2.75) is 39.5 Å². The summed E-state index contributed by atoms with van der Waals surface area (Å²) in [6.07, 6.45) is 1.52. The second-order valence-electron chi connectivity index (χ2n) is 7.62. The smallest absolute Gasteiger partial charge is 0.232 e. The first kappa shape index (κ1) is 20.6. The molecule has 1 heterocycles. The van der Waals surface area contributed by atoms with Gasteiger partial charge in [-0.2, -0.15) is 5.10 Å². The summed E-state index contributed by atoms with van der Waals surface area (Å²) in [5.74, 6) is 0.953. The first-order valence-corrected chi connectivity index (χ1v) is 10.1. The molecule has 3 rings (SSSR count). The zero-order valence-electron chi connectivity index (χ0n) is 17.5. The lowest BCUT2D eigenvalue weighted by Crippen LogP contribution is -2.21. The Balaban J connectivity index is 1.97. The van der Waals surface area contributed by atoms with E-state index in [-0.39, 0.29) is 11.8 Å². The number of aromatic nitrogens is 2. The van der Waals surface area contributed by atoms with Gasteiger partial charge in [0.05, 0.1) is 24.4 Å². The van der Waals surface area contributed by atoms with Crippen molar-refractivity contribution in [2.75, 3.05) is 12.4 Å². The highest BCUT2D eigenvalue weighted by Gasteiger charge is 2.23. The van der Waals surface area contributed by atoms with Gasteiger partial charge in [-0.3, -0.25) is 9.89 Å². The van der Waals surface area contributed by atoms with Crippen LogP contribution in [0.15, 0.2) is 54.6 Å². The Labute approximate surface area is 172 Å². The summed E-state index contributed by atoms with van der Waals surface area (Å²) < 4.78 is 5.36. The van der Waals surface area contributed by atoms with Gasteiger partial charge in [0.15, 0.2) is 0 Å². The van der Waals surface area contributed by atoms with Gasteiger partial charge in [-0.1, -0.05) is 63.2 Å². The molecule has 0 unspecified atom stereocenters. The van der Waals surface area contributed by atoms with Crippen LogP contribution in [-0.4, -0.2) is 23.2 Å². The third-order valence-electron chi connectivity index (χ3n) is 4.97. The number of anilines is 1. The van der Waals surface area contributed by atoms with Gasteiger partial charge in [-0.25, -0.2) is 0 Å². The van der Waals surface area contributed by atoms with Crippen molar-refractivity contribution in [1.29, 1.82) is 0 Å². The number of ether oxygens (including phenoxy) is 1. The molecule has 1 aromatic heterocycles. The number of methoxy groups -OCH3 is 1. The van der Waals surface area contributed by atoms with Crippen molar-refractivity contribution in [3.8, 4) is 17.0 Å². The quantitative estimate of drug-likeness (QED) is 0.539. The minimum absolute atomic E-state index is 0.0192. The minimum atomic E-state index is -0.212. The predicted molar refractivity (Wildman–Crippen MR) is 117 cm³/mol. The molecule has 0 saturated carbocycles. The maximum atomic E-state index is 13.2. The summed E-state index contributed by atoms with van der Waals surface area (Å²) in [6.45, 7) is 6.33. The maximum Gasteiger partial charge on any atom is 0.232 e. The van der Waals surface area contributed by atoms with Crippen molar-refractivity contribution in [1.82, 2.24) is 10.2 Å². The molecule has 152 valence electrons. The third-order valence-corrected chi connectivity index (χ3v) is 4.97. The Kier molecular flexibility index (Phi) is 6.70. The van der Waals surface area contributed by atoms with Crippen molar-refractivity contribution < 1.29 is 9.53 Å². The van der Waals surface area contributed by atoms with E-state index in [0.29, 0.717) is 5.92 Å². The van der Waals surface area contributed by atoms with Crippen LogP contribution in [0.25, 0.3) is 11.3 Å². The van der Waals surface area contributed by atoms with Gasteiger partial charge < -0.3 is 10.1 Å². The summed E-state index contributed by atoms with van der Waals surface area (Å²) in [7, 11) is 1.64. The number of carbonyl (C=O) groups is 1. The first-order chi connectivity index (χ1) is 14.0. The van der Waals surface area contributed by atoms with E-state index in [9.17, 15) is 4.79 Å². The molecule has 0 radical (unpaired) electrons. The minimum Gasteiger partial charge on any atom is -0.497 e. The number of H-pyrrole nitrogens is 1. The van der Waals surface area contributed by atoms with Gasteiger partial charge in [0.25, 0.3) is 0 Å². The third kappa shape index (κ3) is 4.86. The molecule has 0 bridgehead atoms. The molecule has 3 aromatic rings. The number of amides is 1. The monoisotopic (exact) mass is 391 g/mol. The van der Waals surface area contributed by atoms with Crippen molar-refractivity contribution in [2.24, 2.45) is 5.92 Å². The highest BCUT2D eigenvalue weighted by atomic mass is 16.5. The molecular formula is C24H29N3O2. The molecule has 2 N–H and O–H groups in total. The average molecular weight is 392 g/mol. The molecule has 0 saturated heterocycles. The summed E-state index contributed by atoms with van der Waals surface area (Å²) >= 11 is 0. The first-order valence-electron chi connectivity index (χ1n) is 10.1. The fourth-order valence-electron chi connectivity index (χ4n) is 3.52. The zero-order chi connectivity index (χ0) is 20.8. The predicted octanol–water partition coefficient (Wildman–Crippen LogP) is 5.42. The fraction of sp³-hybridized carbons (Fsp3) is 0.333. The van der Waals surface area contributed by atoms with Gasteiger partial charge in [-0.15, -0.1) is 0 Å². The fourth-order valence-corrected chi connectivity index (χ4v) is 3.52. The normalized spacial score (nSPS) is 12.0. The molecule has 0 spiro atoms. The largest absolute Gasteiger partial charge is 0.497 e. The van der Waals surface area contributed by atoms with E-state index >= 15 is 0 Å². The van der Waals surface area contributed by atoms with E-state index in [1.54, 1.807) is 7.11 Å². The molecule has 1 amide bonds. The summed E-state index contributed by atoms with van der Waals surface area (Å²) in [6, 6.07) is 17.6. The molecular weight excluding hydrogens is 362 g/mol. The van der Waals surface area contributed by atoms with Crippen LogP contribution in [0, 0.1) is 5.92 Å². The highest BCUT2D eigenvalue weighted by molar-refractivity contribution is 5.99. The van der Waals surface area contributed by atoms with E-state index < -0.39 is 0 Å². The Hall–Kier alpha value is -3.08. The SMILES string of the molecule is CC[C@@H](C(=O)Nc1c(-c2cccc(OC)c2)n[nH]c1CC(C)C)c1ccccc1. The number of benzene rings is 2. The van der Waals surface area contributed by atoms with E-state index in [1.807, 2.05) is 61.5 Å². The standard InChI is InChI=1S/C24H29N3O2/c1-5-20(17-10-7-6-8-11-17)24(28)25-23-21(14-16(2)3)26-27-22(23)18-12-9-13-19(15-18)29-4/h6-13,15-16,20H,5,14H2,1-4H3,(H,25,28)(H,26,27)/t20-/m1/s1. The lowest BCUT2D eigenvalue weighted by Gasteiger charge is -2.17. The van der Waals surface area contributed by atoms with Gasteiger partial charge in [0.1, 0.15) is 11.4 Å². The van der Waals surface area contributed by atoms with Crippen LogP contribution < -0.4 is 10.1 Å². The highest BCUT2D eigenvalue weighted by Crippen LogP contribution is 2.33. The second-order valence-corrected chi connectivity index (χ2v) is 7.62. The van der Waals surface area contributed by atoms with Crippen molar-refractivity contribution in [3.05, 3.63) is 65.9 Å². The number of rotatable bonds is 8. The number of hydrogen-bond acceptors (Lipinski definition) is 3. The summed E-state index contributed by atoms with van der Waals surface area (Å²) in [5, 5.41) is 10.8. The Bertz CT molecular complexity index is 948. The lowest BCUT2D eigenvalue weighted by atomic mass is 9.95.